The number of hydrogen-bond acceptors (Lipinski definition) is 3. The molecule has 0 saturated carbocycles. The Morgan fingerprint density at radius 1 is 0.471 bits per heavy atom. The average molecular weight is 871 g/mol. The fourth-order valence-electron chi connectivity index (χ4n) is 10.1. The first-order valence-electron chi connectivity index (χ1n) is 22.9. The number of benzene rings is 9. The van der Waals surface area contributed by atoms with Crippen LogP contribution in [0.4, 0.5) is 28.4 Å². The van der Waals surface area contributed by atoms with E-state index in [1.165, 1.54) is 21.7 Å². The van der Waals surface area contributed by atoms with Gasteiger partial charge in [-0.25, -0.2) is 4.85 Å². The van der Waals surface area contributed by atoms with Gasteiger partial charge < -0.3 is 18.9 Å². The smallest absolute Gasteiger partial charge is 0.183 e. The molecule has 2 heterocycles. The minimum Gasteiger partial charge on any atom is -0.334 e. The second kappa shape index (κ2) is 16.9. The van der Waals surface area contributed by atoms with Gasteiger partial charge in [0.25, 0.3) is 0 Å². The maximum absolute atomic E-state index is 9.67. The van der Waals surface area contributed by atoms with Crippen molar-refractivity contribution < 1.29 is 0 Å². The minimum atomic E-state index is 0.0212. The number of para-hydroxylation sites is 4. The molecule has 2 aromatic heterocycles. The molecule has 0 radical (unpaired) electrons. The molecule has 0 fully saturated rings. The molecule has 0 bridgehead atoms. The fraction of sp³-hybridized carbons (Fsp3) is 0.0323. The molecule has 12 rings (SSSR count). The minimum absolute atomic E-state index is 0.0212. The SMILES string of the molecule is [C-]#[N+]C1=CCC(N(c2ccc(-c3ccc(N(c4ccc(C#N)cc4)c4ccc5c(c4)c4ccccc4n5-c4ccccc4)cc3)cc2)c2ccc3c(c2)c2ccccc2n3-c2ccccc2)C=C1. The fourth-order valence-corrected chi connectivity index (χ4v) is 10.1. The summed E-state index contributed by atoms with van der Waals surface area (Å²) in [6.07, 6.45) is 6.88. The van der Waals surface area contributed by atoms with Crippen molar-refractivity contribution in [3.05, 3.63) is 259 Å². The van der Waals surface area contributed by atoms with Gasteiger partial charge in [-0.1, -0.05) is 115 Å². The van der Waals surface area contributed by atoms with Crippen LogP contribution < -0.4 is 9.80 Å². The maximum atomic E-state index is 9.67. The summed E-state index contributed by atoms with van der Waals surface area (Å²) in [6.45, 7) is 7.64. The van der Waals surface area contributed by atoms with Crippen LogP contribution in [0.15, 0.2) is 242 Å². The standard InChI is InChI=1S/C62H42N6/c1-64-46-26-34-52(35-27-46)66(54-37-39-62-58(41-54)56-17-9-11-19-60(56)68(62)48-14-6-3-7-15-48)51-32-24-45(25-33-51)44-22-30-50(31-23-44)65(49-28-20-43(42-63)21-29-49)53-36-38-61-57(40-53)55-16-8-10-18-59(55)67(61)47-12-4-2-5-13-47/h2-34,36-41,52H,35H2. The summed E-state index contributed by atoms with van der Waals surface area (Å²) >= 11 is 0. The van der Waals surface area contributed by atoms with Crippen LogP contribution >= 0.6 is 0 Å². The Morgan fingerprint density at radius 3 is 1.44 bits per heavy atom. The molecule has 0 saturated heterocycles. The summed E-state index contributed by atoms with van der Waals surface area (Å²) in [5, 5.41) is 14.4. The van der Waals surface area contributed by atoms with Gasteiger partial charge in [0.15, 0.2) is 5.70 Å². The number of anilines is 5. The number of hydrogen-bond donors (Lipinski definition) is 0. The molecule has 0 N–H and O–H groups in total. The number of rotatable bonds is 9. The Balaban J connectivity index is 0.909. The van der Waals surface area contributed by atoms with Crippen molar-refractivity contribution in [2.75, 3.05) is 9.80 Å². The van der Waals surface area contributed by atoms with Gasteiger partial charge in [0.1, 0.15) is 0 Å². The molecule has 68 heavy (non-hydrogen) atoms. The Labute approximate surface area is 394 Å². The van der Waals surface area contributed by atoms with E-state index < -0.39 is 0 Å². The third kappa shape index (κ3) is 6.97. The lowest BCUT2D eigenvalue weighted by molar-refractivity contribution is 0.782. The van der Waals surface area contributed by atoms with E-state index in [2.05, 4.69) is 230 Å². The largest absolute Gasteiger partial charge is 0.334 e. The summed E-state index contributed by atoms with van der Waals surface area (Å²) in [5.74, 6) is 0. The second-order valence-corrected chi connectivity index (χ2v) is 17.1. The Morgan fingerprint density at radius 2 is 0.926 bits per heavy atom. The predicted octanol–water partition coefficient (Wildman–Crippen LogP) is 16.2. The molecule has 0 aliphatic heterocycles. The first-order chi connectivity index (χ1) is 33.6. The van der Waals surface area contributed by atoms with Crippen molar-refractivity contribution >= 4 is 72.0 Å². The van der Waals surface area contributed by atoms with Crippen LogP contribution in [0.2, 0.25) is 0 Å². The van der Waals surface area contributed by atoms with E-state index in [4.69, 9.17) is 6.57 Å². The number of aromatic nitrogens is 2. The predicted molar refractivity (Wildman–Crippen MR) is 281 cm³/mol. The quantitative estimate of drug-likeness (QED) is 0.136. The van der Waals surface area contributed by atoms with Crippen LogP contribution in [-0.4, -0.2) is 15.2 Å². The molecule has 1 atom stereocenters. The van der Waals surface area contributed by atoms with Gasteiger partial charge in [-0.05, 0) is 139 Å². The third-order valence-corrected chi connectivity index (χ3v) is 13.3. The zero-order valence-corrected chi connectivity index (χ0v) is 37.0. The number of nitriles is 1. The lowest BCUT2D eigenvalue weighted by atomic mass is 10.0. The van der Waals surface area contributed by atoms with E-state index in [0.29, 0.717) is 11.3 Å². The summed E-state index contributed by atoms with van der Waals surface area (Å²) in [6, 6.07) is 79.5. The molecule has 320 valence electrons. The van der Waals surface area contributed by atoms with Crippen molar-refractivity contribution in [3.63, 3.8) is 0 Å². The van der Waals surface area contributed by atoms with Gasteiger partial charge in [-0.2, -0.15) is 5.26 Å². The Bertz CT molecular complexity index is 3830. The summed E-state index contributed by atoms with van der Waals surface area (Å²) in [5.41, 5.74) is 15.5. The molecule has 6 heteroatoms. The Hall–Kier alpha value is -9.36. The molecule has 11 aromatic rings. The van der Waals surface area contributed by atoms with Crippen LogP contribution in [0.3, 0.4) is 0 Å². The van der Waals surface area contributed by atoms with Crippen LogP contribution in [0.25, 0.3) is 71.0 Å². The van der Waals surface area contributed by atoms with Crippen molar-refractivity contribution in [2.45, 2.75) is 12.5 Å². The first kappa shape index (κ1) is 40.2. The van der Waals surface area contributed by atoms with E-state index in [9.17, 15) is 5.26 Å². The van der Waals surface area contributed by atoms with Gasteiger partial charge in [0.05, 0.1) is 46.3 Å². The van der Waals surface area contributed by atoms with E-state index in [1.54, 1.807) is 0 Å². The molecular weight excluding hydrogens is 829 g/mol. The lowest BCUT2D eigenvalue weighted by Gasteiger charge is -2.33. The van der Waals surface area contributed by atoms with Crippen molar-refractivity contribution in [1.82, 2.24) is 9.13 Å². The van der Waals surface area contributed by atoms with Gasteiger partial charge in [-0.15, -0.1) is 0 Å². The normalized spacial score (nSPS) is 13.4. The van der Waals surface area contributed by atoms with Crippen molar-refractivity contribution in [3.8, 4) is 28.6 Å². The van der Waals surface area contributed by atoms with Crippen LogP contribution in [0.1, 0.15) is 12.0 Å². The van der Waals surface area contributed by atoms with Crippen LogP contribution in [-0.2, 0) is 0 Å². The molecule has 6 nitrogen and oxygen atoms in total. The monoisotopic (exact) mass is 870 g/mol. The number of fused-ring (bicyclic) bond motifs is 6. The van der Waals surface area contributed by atoms with Crippen molar-refractivity contribution in [2.24, 2.45) is 0 Å². The van der Waals surface area contributed by atoms with Gasteiger partial charge in [0, 0.05) is 61.4 Å². The van der Waals surface area contributed by atoms with Gasteiger partial charge in [0.2, 0.25) is 0 Å². The zero-order chi connectivity index (χ0) is 45.6. The van der Waals surface area contributed by atoms with Crippen LogP contribution in [0, 0.1) is 17.9 Å². The molecule has 1 aliphatic carbocycles. The molecule has 9 aromatic carbocycles. The van der Waals surface area contributed by atoms with E-state index in [1.807, 2.05) is 36.4 Å². The molecule has 1 unspecified atom stereocenters. The highest BCUT2D eigenvalue weighted by Gasteiger charge is 2.23. The highest BCUT2D eigenvalue weighted by atomic mass is 15.2. The zero-order valence-electron chi connectivity index (χ0n) is 37.0. The van der Waals surface area contributed by atoms with Gasteiger partial charge >= 0.3 is 0 Å². The molecule has 1 aliphatic rings. The van der Waals surface area contributed by atoms with E-state index >= 15 is 0 Å². The van der Waals surface area contributed by atoms with Crippen molar-refractivity contribution in [1.29, 1.82) is 5.26 Å². The first-order valence-corrected chi connectivity index (χ1v) is 22.9. The summed E-state index contributed by atoms with van der Waals surface area (Å²) in [7, 11) is 0. The number of allylic oxidation sites excluding steroid dienone is 1. The molecule has 0 amide bonds. The summed E-state index contributed by atoms with van der Waals surface area (Å²) in [4.78, 5) is 8.38. The van der Waals surface area contributed by atoms with Gasteiger partial charge in [-0.3, -0.25) is 0 Å². The van der Waals surface area contributed by atoms with Crippen LogP contribution in [0.5, 0.6) is 0 Å². The maximum Gasteiger partial charge on any atom is 0.183 e. The highest BCUT2D eigenvalue weighted by Crippen LogP contribution is 2.42. The average Bonchev–Trinajstić information content (AvgIpc) is 3.92. The second-order valence-electron chi connectivity index (χ2n) is 17.1. The summed E-state index contributed by atoms with van der Waals surface area (Å²) < 4.78 is 4.68. The number of nitrogens with zero attached hydrogens (tertiary/aromatic N) is 6. The topological polar surface area (TPSA) is 44.5 Å². The molecular formula is C62H42N6. The van der Waals surface area contributed by atoms with E-state index in [0.717, 1.165) is 79.3 Å². The van der Waals surface area contributed by atoms with E-state index in [-0.39, 0.29) is 6.04 Å². The third-order valence-electron chi connectivity index (χ3n) is 13.3. The highest BCUT2D eigenvalue weighted by molar-refractivity contribution is 6.11. The Kier molecular flexibility index (Phi) is 9.98. The molecule has 0 spiro atoms. The lowest BCUT2D eigenvalue weighted by Crippen LogP contribution is -2.30.